The zero-order valence-electron chi connectivity index (χ0n) is 12.0. The maximum absolute atomic E-state index is 11.8. The van der Waals surface area contributed by atoms with E-state index in [1.165, 1.54) is 0 Å². The average Bonchev–Trinajstić information content (AvgIpc) is 2.99. The summed E-state index contributed by atoms with van der Waals surface area (Å²) >= 11 is 0. The van der Waals surface area contributed by atoms with Crippen LogP contribution >= 0.6 is 0 Å². The summed E-state index contributed by atoms with van der Waals surface area (Å²) in [6, 6.07) is 0. The first-order valence-corrected chi connectivity index (χ1v) is 6.63. The van der Waals surface area contributed by atoms with Gasteiger partial charge >= 0.3 is 23.4 Å². The number of amides is 4. The molecule has 2 unspecified atom stereocenters. The molecule has 2 aliphatic rings. The highest BCUT2D eigenvalue weighted by Crippen LogP contribution is 2.37. The predicted octanol–water partition coefficient (Wildman–Crippen LogP) is -3.17. The predicted molar refractivity (Wildman–Crippen MR) is 67.3 cm³/mol. The van der Waals surface area contributed by atoms with Crippen molar-refractivity contribution >= 4 is 35.6 Å². The molecule has 0 bridgehead atoms. The van der Waals surface area contributed by atoms with Crippen molar-refractivity contribution < 1.29 is 49.2 Å². The molecule has 2 aliphatic heterocycles. The smallest absolute Gasteiger partial charge is 0.364 e. The fraction of sp³-hybridized carbons (Fsp3) is 0.500. The molecular formula is C12H12N2O10. The molecule has 0 aromatic carbocycles. The third-order valence-electron chi connectivity index (χ3n) is 3.83. The second-order valence-electron chi connectivity index (χ2n) is 5.20. The molecule has 0 saturated carbocycles. The first-order chi connectivity index (χ1) is 11.0. The fourth-order valence-corrected chi connectivity index (χ4v) is 2.68. The first kappa shape index (κ1) is 17.5. The topological polar surface area (TPSA) is 190 Å². The lowest BCUT2D eigenvalue weighted by Crippen LogP contribution is -2.79. The van der Waals surface area contributed by atoms with Crippen molar-refractivity contribution in [2.45, 2.75) is 37.1 Å². The third kappa shape index (κ3) is 2.00. The van der Waals surface area contributed by atoms with Gasteiger partial charge in [-0.05, 0) is 0 Å². The van der Waals surface area contributed by atoms with Crippen LogP contribution in [-0.2, 0) is 28.8 Å². The number of carboxylic acids is 2. The molecule has 4 amide bonds. The fourth-order valence-electron chi connectivity index (χ4n) is 2.68. The molecule has 0 radical (unpaired) electrons. The van der Waals surface area contributed by atoms with E-state index in [2.05, 4.69) is 0 Å². The van der Waals surface area contributed by atoms with Crippen LogP contribution in [0.4, 0.5) is 0 Å². The molecule has 130 valence electrons. The number of hydrogen-bond acceptors (Lipinski definition) is 8. The number of imide groups is 2. The molecule has 0 aliphatic carbocycles. The van der Waals surface area contributed by atoms with Gasteiger partial charge in [-0.25, -0.2) is 19.4 Å². The zero-order chi connectivity index (χ0) is 18.4. The van der Waals surface area contributed by atoms with Gasteiger partial charge in [0, 0.05) is 25.7 Å². The molecule has 0 spiro atoms. The van der Waals surface area contributed by atoms with Crippen LogP contribution in [0.5, 0.6) is 0 Å². The van der Waals surface area contributed by atoms with Gasteiger partial charge in [-0.1, -0.05) is 0 Å². The van der Waals surface area contributed by atoms with Crippen molar-refractivity contribution in [2.75, 3.05) is 0 Å². The highest BCUT2D eigenvalue weighted by molar-refractivity contribution is 6.11. The highest BCUT2D eigenvalue weighted by Gasteiger charge is 2.73. The summed E-state index contributed by atoms with van der Waals surface area (Å²) in [7, 11) is 0. The lowest BCUT2D eigenvalue weighted by molar-refractivity contribution is -0.267. The Morgan fingerprint density at radius 3 is 1.04 bits per heavy atom. The number of likely N-dealkylation sites (tertiary alicyclic amines) is 2. The van der Waals surface area contributed by atoms with Crippen molar-refractivity contribution in [3.63, 3.8) is 0 Å². The Labute approximate surface area is 132 Å². The van der Waals surface area contributed by atoms with Crippen LogP contribution in [-0.4, -0.2) is 77.2 Å². The largest absolute Gasteiger partial charge is 0.478 e. The molecule has 2 heterocycles. The normalized spacial score (nSPS) is 23.4. The van der Waals surface area contributed by atoms with Crippen molar-refractivity contribution in [3.05, 3.63) is 0 Å². The number of carbonyl (C=O) groups is 6. The summed E-state index contributed by atoms with van der Waals surface area (Å²) < 4.78 is 0. The molecule has 12 nitrogen and oxygen atoms in total. The van der Waals surface area contributed by atoms with Gasteiger partial charge in [-0.15, -0.1) is 0 Å². The minimum Gasteiger partial charge on any atom is -0.478 e. The van der Waals surface area contributed by atoms with Crippen molar-refractivity contribution in [1.29, 1.82) is 0 Å². The Morgan fingerprint density at radius 1 is 0.667 bits per heavy atom. The summed E-state index contributed by atoms with van der Waals surface area (Å²) in [4.78, 5) is 69.5. The highest BCUT2D eigenvalue weighted by atomic mass is 16.5. The number of aliphatic hydroxyl groups is 2. The van der Waals surface area contributed by atoms with Crippen molar-refractivity contribution in [1.82, 2.24) is 9.80 Å². The number of hydrogen-bond donors (Lipinski definition) is 4. The van der Waals surface area contributed by atoms with Gasteiger partial charge in [0.15, 0.2) is 0 Å². The second kappa shape index (κ2) is 5.35. The Balaban J connectivity index is 2.74. The molecule has 2 atom stereocenters. The Bertz CT molecular complexity index is 597. The monoisotopic (exact) mass is 344 g/mol. The van der Waals surface area contributed by atoms with E-state index in [-0.39, 0.29) is 9.80 Å². The van der Waals surface area contributed by atoms with Gasteiger partial charge < -0.3 is 20.4 Å². The molecule has 24 heavy (non-hydrogen) atoms. The number of carboxylic acid groups (broad SMARTS) is 2. The molecule has 4 N–H and O–H groups in total. The van der Waals surface area contributed by atoms with E-state index in [1.54, 1.807) is 0 Å². The Hall–Kier alpha value is -2.86. The second-order valence-corrected chi connectivity index (χ2v) is 5.20. The van der Waals surface area contributed by atoms with Gasteiger partial charge in [0.05, 0.1) is 0 Å². The molecular weight excluding hydrogens is 332 g/mol. The standard InChI is InChI=1S/C12H12N2O10/c15-5-1-2-6(16)13(5)11(23,9(19)20)12(24,10(21)22)14-7(17)3-4-8(14)18/h23-24H,1-4H2,(H,19,20)(H,21,22). The van der Waals surface area contributed by atoms with Crippen LogP contribution in [0.15, 0.2) is 0 Å². The average molecular weight is 344 g/mol. The van der Waals surface area contributed by atoms with E-state index in [9.17, 15) is 49.2 Å². The molecule has 2 rings (SSSR count). The summed E-state index contributed by atoms with van der Waals surface area (Å²) in [6.45, 7) is 0. The lowest BCUT2D eigenvalue weighted by atomic mass is 9.95. The number of rotatable bonds is 5. The Kier molecular flexibility index (Phi) is 3.90. The van der Waals surface area contributed by atoms with Gasteiger partial charge in [-0.3, -0.25) is 19.2 Å². The van der Waals surface area contributed by atoms with Gasteiger partial charge in [0.25, 0.3) is 0 Å². The zero-order valence-corrected chi connectivity index (χ0v) is 12.0. The van der Waals surface area contributed by atoms with E-state index in [0.29, 0.717) is 0 Å². The molecule has 2 fully saturated rings. The van der Waals surface area contributed by atoms with Crippen molar-refractivity contribution in [3.8, 4) is 0 Å². The van der Waals surface area contributed by atoms with E-state index in [4.69, 9.17) is 0 Å². The molecule has 12 heteroatoms. The minimum atomic E-state index is -4.08. The summed E-state index contributed by atoms with van der Waals surface area (Å²) in [6.07, 6.45) is -2.14. The van der Waals surface area contributed by atoms with Crippen LogP contribution in [0.3, 0.4) is 0 Å². The van der Waals surface area contributed by atoms with E-state index in [1.807, 2.05) is 0 Å². The van der Waals surface area contributed by atoms with Gasteiger partial charge in [0.1, 0.15) is 0 Å². The summed E-state index contributed by atoms with van der Waals surface area (Å²) in [5, 5.41) is 39.4. The SMILES string of the molecule is O=C1CCC(=O)N1C(O)(C(=O)O)C(O)(C(=O)O)N1C(=O)CCC1=O. The molecule has 0 aromatic rings. The lowest BCUT2D eigenvalue weighted by Gasteiger charge is -2.44. The maximum Gasteiger partial charge on any atom is 0.364 e. The molecule has 2 saturated heterocycles. The summed E-state index contributed by atoms with van der Waals surface area (Å²) in [5.74, 6) is -10.1. The van der Waals surface area contributed by atoms with Crippen LogP contribution in [0.25, 0.3) is 0 Å². The minimum absolute atomic E-state index is 0.345. The van der Waals surface area contributed by atoms with E-state index >= 15 is 0 Å². The first-order valence-electron chi connectivity index (χ1n) is 6.63. The quantitative estimate of drug-likeness (QED) is 0.370. The number of aliphatic carboxylic acids is 2. The summed E-state index contributed by atoms with van der Waals surface area (Å²) in [5.41, 5.74) is -8.17. The van der Waals surface area contributed by atoms with Gasteiger partial charge in [0.2, 0.25) is 23.6 Å². The van der Waals surface area contributed by atoms with Gasteiger partial charge in [-0.2, -0.15) is 0 Å². The van der Waals surface area contributed by atoms with Crippen LogP contribution in [0.2, 0.25) is 0 Å². The molecule has 0 aromatic heterocycles. The third-order valence-corrected chi connectivity index (χ3v) is 3.83. The Morgan fingerprint density at radius 2 is 0.875 bits per heavy atom. The van der Waals surface area contributed by atoms with Crippen LogP contribution in [0.1, 0.15) is 25.7 Å². The number of nitrogens with zero attached hydrogens (tertiary/aromatic N) is 2. The van der Waals surface area contributed by atoms with Crippen LogP contribution < -0.4 is 0 Å². The van der Waals surface area contributed by atoms with E-state index in [0.717, 1.165) is 0 Å². The van der Waals surface area contributed by atoms with Crippen LogP contribution in [0, 0.1) is 0 Å². The maximum atomic E-state index is 11.8. The number of carbonyl (C=O) groups excluding carboxylic acids is 4. The van der Waals surface area contributed by atoms with E-state index < -0.39 is 72.7 Å². The van der Waals surface area contributed by atoms with Crippen molar-refractivity contribution in [2.24, 2.45) is 0 Å².